The fraction of sp³-hybridized carbons (Fsp3) is 0.583. The number of carbonyl (C=O) groups excluding carboxylic acids is 1. The van der Waals surface area contributed by atoms with E-state index in [1.54, 1.807) is 0 Å². The molecule has 2 N–H and O–H groups in total. The number of hydrogen-bond acceptors (Lipinski definition) is 4. The lowest BCUT2D eigenvalue weighted by Crippen LogP contribution is -2.41. The van der Waals surface area contributed by atoms with Crippen LogP contribution in [0.5, 0.6) is 0 Å². The van der Waals surface area contributed by atoms with E-state index in [0.717, 1.165) is 30.8 Å². The van der Waals surface area contributed by atoms with Crippen LogP contribution >= 0.6 is 11.6 Å². The summed E-state index contributed by atoms with van der Waals surface area (Å²) in [5.41, 5.74) is 6.31. The molecule has 1 aromatic rings. The van der Waals surface area contributed by atoms with Gasteiger partial charge >= 0.3 is 0 Å². The number of nitrogens with two attached hydrogens (primary N) is 1. The maximum Gasteiger partial charge on any atom is 0.240 e. The maximum atomic E-state index is 11.5. The van der Waals surface area contributed by atoms with E-state index in [2.05, 4.69) is 9.97 Å². The number of nitrogens with zero attached hydrogens (tertiary/aromatic N) is 3. The highest BCUT2D eigenvalue weighted by atomic mass is 35.5. The van der Waals surface area contributed by atoms with Crippen LogP contribution in [0.3, 0.4) is 0 Å². The maximum absolute atomic E-state index is 11.5. The lowest BCUT2D eigenvalue weighted by Gasteiger charge is -2.26. The van der Waals surface area contributed by atoms with E-state index < -0.39 is 0 Å². The summed E-state index contributed by atoms with van der Waals surface area (Å²) in [5, 5.41) is 0.449. The van der Waals surface area contributed by atoms with Crippen molar-refractivity contribution in [3.05, 3.63) is 17.0 Å². The van der Waals surface area contributed by atoms with Gasteiger partial charge in [0.05, 0.1) is 0 Å². The minimum absolute atomic E-state index is 0.197. The third-order valence-corrected chi connectivity index (χ3v) is 3.55. The van der Waals surface area contributed by atoms with E-state index in [4.69, 9.17) is 17.3 Å². The molecule has 1 aromatic heterocycles. The molecule has 1 aliphatic heterocycles. The lowest BCUT2D eigenvalue weighted by molar-refractivity contribution is -0.119. The molecule has 2 rings (SSSR count). The molecule has 0 aliphatic carbocycles. The molecule has 5 nitrogen and oxygen atoms in total. The Bertz CT molecular complexity index is 463. The molecule has 0 aromatic carbocycles. The lowest BCUT2D eigenvalue weighted by atomic mass is 10.1. The highest BCUT2D eigenvalue weighted by Gasteiger charge is 2.32. The zero-order valence-corrected chi connectivity index (χ0v) is 11.3. The summed E-state index contributed by atoms with van der Waals surface area (Å²) < 4.78 is 0. The summed E-state index contributed by atoms with van der Waals surface area (Å²) >= 11 is 6.14. The van der Waals surface area contributed by atoms with Crippen molar-refractivity contribution in [2.24, 2.45) is 5.73 Å². The van der Waals surface area contributed by atoms with Gasteiger partial charge in [0.2, 0.25) is 5.91 Å². The van der Waals surface area contributed by atoms with E-state index in [9.17, 15) is 4.79 Å². The van der Waals surface area contributed by atoms with Gasteiger partial charge < -0.3 is 10.6 Å². The van der Waals surface area contributed by atoms with Crippen molar-refractivity contribution in [3.63, 3.8) is 0 Å². The molecule has 1 amide bonds. The minimum atomic E-state index is -0.308. The first-order valence-electron chi connectivity index (χ1n) is 6.08. The van der Waals surface area contributed by atoms with Crippen molar-refractivity contribution in [1.82, 2.24) is 9.97 Å². The summed E-state index contributed by atoms with van der Waals surface area (Å²) in [5.74, 6) is 0.631. The molecular formula is C12H17ClN4O. The normalized spacial score (nSPS) is 19.6. The summed E-state index contributed by atoms with van der Waals surface area (Å²) in [6, 6.07) is -0.284. The van der Waals surface area contributed by atoms with E-state index in [1.807, 2.05) is 18.7 Å². The van der Waals surface area contributed by atoms with Crippen LogP contribution < -0.4 is 10.6 Å². The molecule has 1 atom stereocenters. The predicted octanol–water partition coefficient (Wildman–Crippen LogP) is 1.71. The van der Waals surface area contributed by atoms with Gasteiger partial charge in [-0.25, -0.2) is 9.97 Å². The number of halogens is 1. The molecule has 1 saturated heterocycles. The van der Waals surface area contributed by atoms with E-state index >= 15 is 0 Å². The van der Waals surface area contributed by atoms with Crippen LogP contribution in [0, 0.1) is 0 Å². The standard InChI is InChI=1S/C12H17ClN4O/c1-7(2)9-10(13)15-6-16-12(9)17-5-3-4-8(17)11(14)18/h6-8H,3-5H2,1-2H3,(H2,14,18). The number of carbonyl (C=O) groups is 1. The second-order valence-corrected chi connectivity index (χ2v) is 5.17. The van der Waals surface area contributed by atoms with Crippen LogP contribution in [0.15, 0.2) is 6.33 Å². The molecule has 18 heavy (non-hydrogen) atoms. The van der Waals surface area contributed by atoms with E-state index in [1.165, 1.54) is 6.33 Å². The fourth-order valence-electron chi connectivity index (χ4n) is 2.41. The molecule has 2 heterocycles. The average Bonchev–Trinajstić information content (AvgIpc) is 2.76. The average molecular weight is 269 g/mol. The van der Waals surface area contributed by atoms with Gasteiger partial charge in [-0.15, -0.1) is 0 Å². The number of amides is 1. The molecular weight excluding hydrogens is 252 g/mol. The molecule has 0 spiro atoms. The van der Waals surface area contributed by atoms with Crippen LogP contribution in [0.1, 0.15) is 38.2 Å². The van der Waals surface area contributed by atoms with E-state index in [-0.39, 0.29) is 17.9 Å². The van der Waals surface area contributed by atoms with Gasteiger partial charge in [0.1, 0.15) is 23.3 Å². The second-order valence-electron chi connectivity index (χ2n) is 4.81. The Balaban J connectivity index is 2.44. The van der Waals surface area contributed by atoms with E-state index in [0.29, 0.717) is 5.15 Å². The molecule has 0 radical (unpaired) electrons. The Morgan fingerprint density at radius 3 is 2.89 bits per heavy atom. The number of primary amides is 1. The second kappa shape index (κ2) is 5.10. The number of anilines is 1. The molecule has 1 fully saturated rings. The summed E-state index contributed by atoms with van der Waals surface area (Å²) in [4.78, 5) is 21.7. The first-order valence-corrected chi connectivity index (χ1v) is 6.46. The van der Waals surface area contributed by atoms with Gasteiger partial charge in [0, 0.05) is 12.1 Å². The van der Waals surface area contributed by atoms with Crippen LogP contribution in [0.4, 0.5) is 5.82 Å². The van der Waals surface area contributed by atoms with Gasteiger partial charge in [-0.05, 0) is 18.8 Å². The van der Waals surface area contributed by atoms with Crippen molar-refractivity contribution in [3.8, 4) is 0 Å². The molecule has 98 valence electrons. The third-order valence-electron chi connectivity index (χ3n) is 3.24. The summed E-state index contributed by atoms with van der Waals surface area (Å²) in [7, 11) is 0. The predicted molar refractivity (Wildman–Crippen MR) is 70.7 cm³/mol. The molecule has 6 heteroatoms. The molecule has 0 saturated carbocycles. The van der Waals surface area contributed by atoms with Crippen molar-refractivity contribution in [1.29, 1.82) is 0 Å². The minimum Gasteiger partial charge on any atom is -0.368 e. The largest absolute Gasteiger partial charge is 0.368 e. The Morgan fingerprint density at radius 2 is 2.28 bits per heavy atom. The Labute approximate surface area is 111 Å². The van der Waals surface area contributed by atoms with Crippen molar-refractivity contribution < 1.29 is 4.79 Å². The van der Waals surface area contributed by atoms with Crippen LogP contribution in [-0.4, -0.2) is 28.5 Å². The zero-order chi connectivity index (χ0) is 13.3. The SMILES string of the molecule is CC(C)c1c(Cl)ncnc1N1CCCC1C(N)=O. The zero-order valence-electron chi connectivity index (χ0n) is 10.6. The smallest absolute Gasteiger partial charge is 0.240 e. The number of aromatic nitrogens is 2. The highest BCUT2D eigenvalue weighted by molar-refractivity contribution is 6.30. The summed E-state index contributed by atoms with van der Waals surface area (Å²) in [6.07, 6.45) is 3.14. The Morgan fingerprint density at radius 1 is 1.56 bits per heavy atom. The van der Waals surface area contributed by atoms with Crippen molar-refractivity contribution >= 4 is 23.3 Å². The number of hydrogen-bond donors (Lipinski definition) is 1. The molecule has 1 unspecified atom stereocenters. The summed E-state index contributed by atoms with van der Waals surface area (Å²) in [6.45, 7) is 4.84. The van der Waals surface area contributed by atoms with Crippen molar-refractivity contribution in [2.45, 2.75) is 38.6 Å². The third kappa shape index (κ3) is 2.27. The fourth-order valence-corrected chi connectivity index (χ4v) is 2.75. The van der Waals surface area contributed by atoms with Gasteiger partial charge in [0.15, 0.2) is 0 Å². The Hall–Kier alpha value is -1.36. The first-order chi connectivity index (χ1) is 8.52. The molecule has 1 aliphatic rings. The topological polar surface area (TPSA) is 72.1 Å². The van der Waals surface area contributed by atoms with Crippen molar-refractivity contribution in [2.75, 3.05) is 11.4 Å². The molecule has 0 bridgehead atoms. The van der Waals surface area contributed by atoms with Crippen LogP contribution in [0.2, 0.25) is 5.15 Å². The highest BCUT2D eigenvalue weighted by Crippen LogP contribution is 2.34. The monoisotopic (exact) mass is 268 g/mol. The quantitative estimate of drug-likeness (QED) is 0.847. The van der Waals surface area contributed by atoms with Gasteiger partial charge in [-0.2, -0.15) is 0 Å². The van der Waals surface area contributed by atoms with Gasteiger partial charge in [-0.3, -0.25) is 4.79 Å². The van der Waals surface area contributed by atoms with Gasteiger partial charge in [-0.1, -0.05) is 25.4 Å². The Kier molecular flexibility index (Phi) is 3.71. The number of rotatable bonds is 3. The van der Waals surface area contributed by atoms with Crippen LogP contribution in [-0.2, 0) is 4.79 Å². The first kappa shape index (κ1) is 13.1. The van der Waals surface area contributed by atoms with Gasteiger partial charge in [0.25, 0.3) is 0 Å². The van der Waals surface area contributed by atoms with Crippen LogP contribution in [0.25, 0.3) is 0 Å².